The Balaban J connectivity index is 2.44. The summed E-state index contributed by atoms with van der Waals surface area (Å²) in [5, 5.41) is 3.29. The third kappa shape index (κ3) is 2.69. The summed E-state index contributed by atoms with van der Waals surface area (Å²) in [5.74, 6) is 1.41. The van der Waals surface area contributed by atoms with E-state index in [0.717, 1.165) is 22.4 Å². The van der Waals surface area contributed by atoms with Crippen molar-refractivity contribution in [2.45, 2.75) is 13.0 Å². The average molecular weight is 257 g/mol. The van der Waals surface area contributed by atoms with Crippen molar-refractivity contribution in [3.8, 4) is 5.75 Å². The number of pyridine rings is 1. The number of nitrogens with two attached hydrogens (primary N) is 1. The van der Waals surface area contributed by atoms with Gasteiger partial charge >= 0.3 is 0 Å². The molecular formula is C15H19N3O. The van der Waals surface area contributed by atoms with Crippen LogP contribution in [0.3, 0.4) is 0 Å². The van der Waals surface area contributed by atoms with Gasteiger partial charge in [-0.3, -0.25) is 0 Å². The highest BCUT2D eigenvalue weighted by Gasteiger charge is 2.17. The predicted molar refractivity (Wildman–Crippen MR) is 77.3 cm³/mol. The number of anilines is 1. The Labute approximate surface area is 113 Å². The molecule has 1 unspecified atom stereocenters. The van der Waals surface area contributed by atoms with E-state index in [1.165, 1.54) is 0 Å². The average Bonchev–Trinajstić information content (AvgIpc) is 2.43. The van der Waals surface area contributed by atoms with Crippen LogP contribution in [0.15, 0.2) is 36.5 Å². The zero-order chi connectivity index (χ0) is 13.8. The highest BCUT2D eigenvalue weighted by atomic mass is 16.5. The van der Waals surface area contributed by atoms with E-state index in [1.807, 2.05) is 44.3 Å². The Bertz CT molecular complexity index is 532. The fourth-order valence-corrected chi connectivity index (χ4v) is 2.24. The molecule has 19 heavy (non-hydrogen) atoms. The van der Waals surface area contributed by atoms with Gasteiger partial charge < -0.3 is 15.8 Å². The Hall–Kier alpha value is -2.07. The molecule has 0 saturated heterocycles. The van der Waals surface area contributed by atoms with E-state index in [9.17, 15) is 0 Å². The van der Waals surface area contributed by atoms with Gasteiger partial charge in [0.1, 0.15) is 11.6 Å². The van der Waals surface area contributed by atoms with E-state index in [1.54, 1.807) is 13.3 Å². The van der Waals surface area contributed by atoms with Crippen molar-refractivity contribution < 1.29 is 4.74 Å². The number of ether oxygens (including phenoxy) is 1. The van der Waals surface area contributed by atoms with Crippen LogP contribution in [-0.4, -0.2) is 19.1 Å². The number of aromatic nitrogens is 1. The number of benzene rings is 1. The summed E-state index contributed by atoms with van der Waals surface area (Å²) < 4.78 is 5.18. The van der Waals surface area contributed by atoms with Crippen LogP contribution in [0.1, 0.15) is 22.7 Å². The maximum Gasteiger partial charge on any atom is 0.128 e. The molecular weight excluding hydrogens is 238 g/mol. The van der Waals surface area contributed by atoms with Crippen LogP contribution in [0, 0.1) is 6.92 Å². The molecule has 0 bridgehead atoms. The van der Waals surface area contributed by atoms with Crippen LogP contribution >= 0.6 is 0 Å². The SMILES string of the molecule is CNC(c1ccc(OC)cc1)c1c(C)ccnc1N. The van der Waals surface area contributed by atoms with E-state index in [2.05, 4.69) is 10.3 Å². The van der Waals surface area contributed by atoms with Crippen LogP contribution in [-0.2, 0) is 0 Å². The lowest BCUT2D eigenvalue weighted by atomic mass is 9.96. The number of nitrogen functional groups attached to an aromatic ring is 1. The number of rotatable bonds is 4. The van der Waals surface area contributed by atoms with Gasteiger partial charge in [-0.05, 0) is 43.3 Å². The second-order valence-corrected chi connectivity index (χ2v) is 4.42. The Morgan fingerprint density at radius 2 is 1.89 bits per heavy atom. The first-order valence-electron chi connectivity index (χ1n) is 6.19. The predicted octanol–water partition coefficient (Wildman–Crippen LogP) is 2.29. The van der Waals surface area contributed by atoms with Gasteiger partial charge in [-0.1, -0.05) is 12.1 Å². The zero-order valence-corrected chi connectivity index (χ0v) is 11.5. The molecule has 0 aliphatic carbocycles. The Kier molecular flexibility index (Phi) is 4.02. The van der Waals surface area contributed by atoms with Gasteiger partial charge in [0.05, 0.1) is 13.2 Å². The van der Waals surface area contributed by atoms with E-state index in [4.69, 9.17) is 10.5 Å². The first-order valence-corrected chi connectivity index (χ1v) is 6.19. The number of nitrogens with zero attached hydrogens (tertiary/aromatic N) is 1. The van der Waals surface area contributed by atoms with Crippen LogP contribution in [0.2, 0.25) is 0 Å². The molecule has 4 heteroatoms. The third-order valence-electron chi connectivity index (χ3n) is 3.27. The van der Waals surface area contributed by atoms with E-state index in [-0.39, 0.29) is 6.04 Å². The number of hydrogen-bond acceptors (Lipinski definition) is 4. The van der Waals surface area contributed by atoms with Crippen molar-refractivity contribution in [2.75, 3.05) is 19.9 Å². The van der Waals surface area contributed by atoms with Crippen molar-refractivity contribution in [3.05, 3.63) is 53.2 Å². The summed E-state index contributed by atoms with van der Waals surface area (Å²) in [7, 11) is 3.58. The van der Waals surface area contributed by atoms with E-state index >= 15 is 0 Å². The molecule has 1 atom stereocenters. The van der Waals surface area contributed by atoms with Gasteiger partial charge in [0.15, 0.2) is 0 Å². The zero-order valence-electron chi connectivity index (χ0n) is 11.5. The van der Waals surface area contributed by atoms with E-state index in [0.29, 0.717) is 5.82 Å². The summed E-state index contributed by atoms with van der Waals surface area (Å²) in [4.78, 5) is 4.18. The van der Waals surface area contributed by atoms with Gasteiger partial charge in [-0.15, -0.1) is 0 Å². The molecule has 0 amide bonds. The second kappa shape index (κ2) is 5.71. The van der Waals surface area contributed by atoms with Gasteiger partial charge in [0.25, 0.3) is 0 Å². The maximum atomic E-state index is 6.02. The molecule has 1 aromatic carbocycles. The fraction of sp³-hybridized carbons (Fsp3) is 0.267. The molecule has 4 nitrogen and oxygen atoms in total. The quantitative estimate of drug-likeness (QED) is 0.882. The lowest BCUT2D eigenvalue weighted by molar-refractivity contribution is 0.414. The molecule has 1 heterocycles. The monoisotopic (exact) mass is 257 g/mol. The molecule has 0 radical (unpaired) electrons. The number of hydrogen-bond donors (Lipinski definition) is 2. The van der Waals surface area contributed by atoms with Crippen LogP contribution in [0.4, 0.5) is 5.82 Å². The van der Waals surface area contributed by atoms with Crippen molar-refractivity contribution in [2.24, 2.45) is 0 Å². The van der Waals surface area contributed by atoms with Crippen LogP contribution in [0.25, 0.3) is 0 Å². The minimum absolute atomic E-state index is 0.0274. The number of aryl methyl sites for hydroxylation is 1. The van der Waals surface area contributed by atoms with E-state index < -0.39 is 0 Å². The van der Waals surface area contributed by atoms with Crippen LogP contribution in [0.5, 0.6) is 5.75 Å². The highest BCUT2D eigenvalue weighted by Crippen LogP contribution is 2.29. The van der Waals surface area contributed by atoms with Crippen molar-refractivity contribution in [3.63, 3.8) is 0 Å². The minimum atomic E-state index is 0.0274. The normalized spacial score (nSPS) is 12.2. The molecule has 100 valence electrons. The van der Waals surface area contributed by atoms with Crippen molar-refractivity contribution in [1.82, 2.24) is 10.3 Å². The molecule has 0 spiro atoms. The summed E-state index contributed by atoms with van der Waals surface area (Å²) in [5.41, 5.74) is 9.30. The van der Waals surface area contributed by atoms with Crippen molar-refractivity contribution >= 4 is 5.82 Å². The Morgan fingerprint density at radius 3 is 2.42 bits per heavy atom. The molecule has 3 N–H and O–H groups in total. The standard InChI is InChI=1S/C15H19N3O/c1-10-8-9-18-15(16)13(10)14(17-2)11-4-6-12(19-3)7-5-11/h4-9,14,17H,1-3H3,(H2,16,18). The maximum absolute atomic E-state index is 6.02. The molecule has 2 rings (SSSR count). The summed E-state index contributed by atoms with van der Waals surface area (Å²) in [6.45, 7) is 2.04. The highest BCUT2D eigenvalue weighted by molar-refractivity contribution is 5.50. The topological polar surface area (TPSA) is 60.2 Å². The molecule has 1 aromatic heterocycles. The lowest BCUT2D eigenvalue weighted by Crippen LogP contribution is -2.20. The third-order valence-corrected chi connectivity index (χ3v) is 3.27. The van der Waals surface area contributed by atoms with Gasteiger partial charge in [-0.2, -0.15) is 0 Å². The molecule has 2 aromatic rings. The van der Waals surface area contributed by atoms with Gasteiger partial charge in [-0.25, -0.2) is 4.98 Å². The summed E-state index contributed by atoms with van der Waals surface area (Å²) >= 11 is 0. The minimum Gasteiger partial charge on any atom is -0.497 e. The van der Waals surface area contributed by atoms with Crippen LogP contribution < -0.4 is 15.8 Å². The lowest BCUT2D eigenvalue weighted by Gasteiger charge is -2.20. The largest absolute Gasteiger partial charge is 0.497 e. The van der Waals surface area contributed by atoms with Gasteiger partial charge in [0, 0.05) is 11.8 Å². The second-order valence-electron chi connectivity index (χ2n) is 4.42. The summed E-state index contributed by atoms with van der Waals surface area (Å²) in [6.07, 6.45) is 1.73. The molecule has 0 aliphatic rings. The number of nitrogens with one attached hydrogen (secondary N) is 1. The molecule has 0 aliphatic heterocycles. The van der Waals surface area contributed by atoms with Crippen molar-refractivity contribution in [1.29, 1.82) is 0 Å². The molecule has 0 saturated carbocycles. The first kappa shape index (κ1) is 13.4. The first-order chi connectivity index (χ1) is 9.17. The Morgan fingerprint density at radius 1 is 1.21 bits per heavy atom. The number of methoxy groups -OCH3 is 1. The van der Waals surface area contributed by atoms with Gasteiger partial charge in [0.2, 0.25) is 0 Å². The smallest absolute Gasteiger partial charge is 0.128 e. The molecule has 0 fully saturated rings. The summed E-state index contributed by atoms with van der Waals surface area (Å²) in [6, 6.07) is 9.96. The fourth-order valence-electron chi connectivity index (χ4n) is 2.24.